The maximum absolute atomic E-state index is 13.3. The molecule has 202 valence electrons. The van der Waals surface area contributed by atoms with E-state index in [4.69, 9.17) is 14.7 Å². The number of amides is 2. The Labute approximate surface area is 218 Å². The van der Waals surface area contributed by atoms with E-state index in [0.29, 0.717) is 22.9 Å². The molecule has 0 radical (unpaired) electrons. The van der Waals surface area contributed by atoms with E-state index in [2.05, 4.69) is 5.32 Å². The van der Waals surface area contributed by atoms with Crippen molar-refractivity contribution in [3.8, 4) is 17.2 Å². The molecule has 1 aliphatic heterocycles. The third kappa shape index (κ3) is 5.37. The van der Waals surface area contributed by atoms with Crippen LogP contribution in [-0.4, -0.2) is 66.8 Å². The van der Waals surface area contributed by atoms with Gasteiger partial charge in [0.25, 0.3) is 11.8 Å². The first kappa shape index (κ1) is 27.2. The van der Waals surface area contributed by atoms with Gasteiger partial charge < -0.3 is 25.0 Å². The summed E-state index contributed by atoms with van der Waals surface area (Å²) < 4.78 is 35.6. The molecule has 0 unspecified atom stereocenters. The maximum Gasteiger partial charge on any atom is 0.265 e. The van der Waals surface area contributed by atoms with E-state index in [9.17, 15) is 28.2 Å². The largest absolute Gasteiger partial charge is 0.508 e. The van der Waals surface area contributed by atoms with E-state index in [0.717, 1.165) is 0 Å². The molecule has 1 fully saturated rings. The molecule has 1 heterocycles. The Hall–Kier alpha value is -3.87. The molecule has 0 saturated carbocycles. The first-order valence-corrected chi connectivity index (χ1v) is 13.4. The van der Waals surface area contributed by atoms with Gasteiger partial charge in [0.2, 0.25) is 0 Å². The van der Waals surface area contributed by atoms with Crippen LogP contribution in [0.25, 0.3) is 10.8 Å². The van der Waals surface area contributed by atoms with E-state index in [-0.39, 0.29) is 61.2 Å². The highest BCUT2D eigenvalue weighted by molar-refractivity contribution is 7.93. The summed E-state index contributed by atoms with van der Waals surface area (Å²) in [6.45, 7) is 0.630. The number of ether oxygens (including phenoxy) is 2. The molecular formula is C26H28N2O9S. The third-order valence-corrected chi connectivity index (χ3v) is 9.04. The highest BCUT2D eigenvalue weighted by Crippen LogP contribution is 2.36. The molecule has 1 aliphatic rings. The van der Waals surface area contributed by atoms with Gasteiger partial charge in [-0.15, -0.1) is 0 Å². The third-order valence-electron chi connectivity index (χ3n) is 6.52. The molecule has 0 atom stereocenters. The van der Waals surface area contributed by atoms with Crippen LogP contribution in [0.1, 0.15) is 29.6 Å². The number of nitrogens with one attached hydrogen (secondary N) is 2. The van der Waals surface area contributed by atoms with E-state index in [1.165, 1.54) is 54.0 Å². The number of carbonyl (C=O) groups excluding carboxylic acids is 2. The Balaban J connectivity index is 1.31. The monoisotopic (exact) mass is 544 g/mol. The first-order valence-electron chi connectivity index (χ1n) is 11.9. The van der Waals surface area contributed by atoms with Gasteiger partial charge in [-0.3, -0.25) is 14.8 Å². The molecule has 1 saturated heterocycles. The number of hydroxylamine groups is 1. The van der Waals surface area contributed by atoms with Crippen LogP contribution in [0, 0.1) is 0 Å². The molecule has 2 amide bonds. The smallest absolute Gasteiger partial charge is 0.265 e. The van der Waals surface area contributed by atoms with Crippen molar-refractivity contribution in [1.82, 2.24) is 10.8 Å². The lowest BCUT2D eigenvalue weighted by Crippen LogP contribution is -2.54. The molecule has 0 bridgehead atoms. The SMILES string of the molecule is O=C(NCCCOc1ccc(S(=O)(=O)C2(C(=O)NO)CCOCC2)cc1)c1cc2cc(O)ccc2cc1O. The van der Waals surface area contributed by atoms with Crippen molar-refractivity contribution in [2.24, 2.45) is 0 Å². The van der Waals surface area contributed by atoms with E-state index >= 15 is 0 Å². The fraction of sp³-hybridized carbons (Fsp3) is 0.308. The second-order valence-electron chi connectivity index (χ2n) is 8.88. The standard InChI is InChI=1S/C26H28N2O9S/c29-19-3-2-17-16-23(30)22(15-18(17)14-19)24(31)27-10-1-11-37-20-4-6-21(7-5-20)38(34,35)26(25(32)28-33)8-12-36-13-9-26/h2-7,14-16,29-30,33H,1,8-13H2,(H,27,31)(H,28,32). The van der Waals surface area contributed by atoms with Crippen LogP contribution in [0.3, 0.4) is 0 Å². The highest BCUT2D eigenvalue weighted by Gasteiger charge is 2.52. The number of fused-ring (bicyclic) bond motifs is 1. The number of hydrogen-bond acceptors (Lipinski definition) is 9. The van der Waals surface area contributed by atoms with Gasteiger partial charge in [-0.1, -0.05) is 6.07 Å². The van der Waals surface area contributed by atoms with Gasteiger partial charge in [0.1, 0.15) is 17.2 Å². The van der Waals surface area contributed by atoms with Crippen molar-refractivity contribution in [3.05, 3.63) is 60.2 Å². The van der Waals surface area contributed by atoms with Gasteiger partial charge >= 0.3 is 0 Å². The van der Waals surface area contributed by atoms with Crippen molar-refractivity contribution in [1.29, 1.82) is 0 Å². The van der Waals surface area contributed by atoms with Crippen LogP contribution in [0.5, 0.6) is 17.2 Å². The summed E-state index contributed by atoms with van der Waals surface area (Å²) in [4.78, 5) is 24.8. The Kier molecular flexibility index (Phi) is 8.05. The minimum atomic E-state index is -4.13. The van der Waals surface area contributed by atoms with Crippen LogP contribution in [-0.2, 0) is 19.4 Å². The van der Waals surface area contributed by atoms with Crippen molar-refractivity contribution < 1.29 is 42.9 Å². The first-order chi connectivity index (χ1) is 18.2. The molecule has 0 aromatic heterocycles. The maximum atomic E-state index is 13.3. The number of rotatable bonds is 9. The number of phenolic OH excluding ortho intramolecular Hbond substituents is 2. The Morgan fingerprint density at radius 2 is 1.68 bits per heavy atom. The Morgan fingerprint density at radius 3 is 2.37 bits per heavy atom. The number of aromatic hydroxyl groups is 2. The number of benzene rings is 3. The Morgan fingerprint density at radius 1 is 0.974 bits per heavy atom. The zero-order valence-electron chi connectivity index (χ0n) is 20.3. The fourth-order valence-electron chi connectivity index (χ4n) is 4.38. The summed E-state index contributed by atoms with van der Waals surface area (Å²) in [6.07, 6.45) is 0.275. The number of sulfone groups is 1. The molecule has 0 spiro atoms. The molecule has 0 aliphatic carbocycles. The quantitative estimate of drug-likeness (QED) is 0.154. The summed E-state index contributed by atoms with van der Waals surface area (Å²) >= 11 is 0. The summed E-state index contributed by atoms with van der Waals surface area (Å²) in [5, 5.41) is 33.0. The van der Waals surface area contributed by atoms with Crippen LogP contribution in [0.15, 0.2) is 59.5 Å². The molecule has 3 aromatic carbocycles. The number of hydrogen-bond donors (Lipinski definition) is 5. The predicted octanol–water partition coefficient (Wildman–Crippen LogP) is 2.28. The molecule has 11 nitrogen and oxygen atoms in total. The topological polar surface area (TPSA) is 171 Å². The molecule has 5 N–H and O–H groups in total. The molecule has 38 heavy (non-hydrogen) atoms. The van der Waals surface area contributed by atoms with E-state index in [1.54, 1.807) is 6.07 Å². The second kappa shape index (κ2) is 11.3. The predicted molar refractivity (Wildman–Crippen MR) is 136 cm³/mol. The van der Waals surface area contributed by atoms with Gasteiger partial charge in [0.05, 0.1) is 17.1 Å². The lowest BCUT2D eigenvalue weighted by molar-refractivity contribution is -0.134. The van der Waals surface area contributed by atoms with Crippen LogP contribution >= 0.6 is 0 Å². The molecular weight excluding hydrogens is 516 g/mol. The average molecular weight is 545 g/mol. The van der Waals surface area contributed by atoms with Crippen molar-refractivity contribution in [2.75, 3.05) is 26.4 Å². The van der Waals surface area contributed by atoms with Gasteiger partial charge in [0.15, 0.2) is 14.6 Å². The fourth-order valence-corrected chi connectivity index (χ4v) is 6.32. The van der Waals surface area contributed by atoms with Crippen LogP contribution in [0.4, 0.5) is 0 Å². The lowest BCUT2D eigenvalue weighted by atomic mass is 9.98. The average Bonchev–Trinajstić information content (AvgIpc) is 2.92. The van der Waals surface area contributed by atoms with Crippen LogP contribution < -0.4 is 15.5 Å². The normalized spacial score (nSPS) is 15.1. The lowest BCUT2D eigenvalue weighted by Gasteiger charge is -2.34. The number of carbonyl (C=O) groups is 2. The van der Waals surface area contributed by atoms with Gasteiger partial charge in [-0.25, -0.2) is 13.9 Å². The second-order valence-corrected chi connectivity index (χ2v) is 11.1. The summed E-state index contributed by atoms with van der Waals surface area (Å²) in [6, 6.07) is 13.2. The minimum Gasteiger partial charge on any atom is -0.508 e. The molecule has 12 heteroatoms. The molecule has 3 aromatic rings. The Bertz CT molecular complexity index is 1430. The van der Waals surface area contributed by atoms with Crippen molar-refractivity contribution in [2.45, 2.75) is 28.9 Å². The van der Waals surface area contributed by atoms with Crippen molar-refractivity contribution in [3.63, 3.8) is 0 Å². The van der Waals surface area contributed by atoms with Gasteiger partial charge in [0, 0.05) is 19.8 Å². The summed E-state index contributed by atoms with van der Waals surface area (Å²) in [5.74, 6) is -1.19. The van der Waals surface area contributed by atoms with E-state index in [1.807, 2.05) is 0 Å². The zero-order valence-corrected chi connectivity index (χ0v) is 21.2. The summed E-state index contributed by atoms with van der Waals surface area (Å²) in [5.41, 5.74) is 1.56. The molecule has 4 rings (SSSR count). The van der Waals surface area contributed by atoms with Crippen LogP contribution in [0.2, 0.25) is 0 Å². The zero-order chi connectivity index (χ0) is 27.3. The number of phenols is 2. The summed E-state index contributed by atoms with van der Waals surface area (Å²) in [7, 11) is -4.13. The highest BCUT2D eigenvalue weighted by atomic mass is 32.2. The van der Waals surface area contributed by atoms with E-state index < -0.39 is 26.4 Å². The van der Waals surface area contributed by atoms with Gasteiger partial charge in [-0.05, 0) is 78.6 Å². The van der Waals surface area contributed by atoms with Gasteiger partial charge in [-0.2, -0.15) is 0 Å². The van der Waals surface area contributed by atoms with Crippen molar-refractivity contribution >= 4 is 32.4 Å². The minimum absolute atomic E-state index is 0.0519.